The zero-order valence-electron chi connectivity index (χ0n) is 17.5. The summed E-state index contributed by atoms with van der Waals surface area (Å²) in [5.41, 5.74) is -0.378. The maximum absolute atomic E-state index is 14.1. The van der Waals surface area contributed by atoms with Gasteiger partial charge in [-0.05, 0) is 30.3 Å². The second-order valence-corrected chi connectivity index (χ2v) is 7.83. The van der Waals surface area contributed by atoms with Crippen molar-refractivity contribution in [3.63, 3.8) is 0 Å². The van der Waals surface area contributed by atoms with Gasteiger partial charge >= 0.3 is 5.97 Å². The highest BCUT2D eigenvalue weighted by Crippen LogP contribution is 2.41. The van der Waals surface area contributed by atoms with Crippen molar-refractivity contribution in [2.75, 3.05) is 20.3 Å². The van der Waals surface area contributed by atoms with Crippen LogP contribution in [0.1, 0.15) is 12.8 Å². The molecular weight excluding hydrogens is 458 g/mol. The summed E-state index contributed by atoms with van der Waals surface area (Å²) in [6.45, 7) is 0.448. The van der Waals surface area contributed by atoms with E-state index in [2.05, 4.69) is 9.97 Å². The summed E-state index contributed by atoms with van der Waals surface area (Å²) in [6, 6.07) is 9.40. The molecule has 3 aromatic rings. The van der Waals surface area contributed by atoms with E-state index >= 15 is 0 Å². The number of nitrogens with zero attached hydrogens (tertiary/aromatic N) is 2. The quantitative estimate of drug-likeness (QED) is 0.445. The molecule has 1 saturated carbocycles. The number of carboxylic acids is 1. The van der Waals surface area contributed by atoms with Crippen molar-refractivity contribution in [3.05, 3.63) is 59.1 Å². The molecule has 0 saturated heterocycles. The lowest BCUT2D eigenvalue weighted by molar-refractivity contribution is -0.147. The number of aliphatic carboxylic acids is 1. The highest BCUT2D eigenvalue weighted by molar-refractivity contribution is 6.30. The van der Waals surface area contributed by atoms with E-state index in [1.165, 1.54) is 43.5 Å². The Morgan fingerprint density at radius 3 is 2.58 bits per heavy atom. The van der Waals surface area contributed by atoms with E-state index in [0.29, 0.717) is 24.0 Å². The first-order chi connectivity index (χ1) is 15.8. The summed E-state index contributed by atoms with van der Waals surface area (Å²) in [6.07, 6.45) is 0.656. The summed E-state index contributed by atoms with van der Waals surface area (Å²) in [4.78, 5) is 20.4. The van der Waals surface area contributed by atoms with E-state index in [-0.39, 0.29) is 41.4 Å². The minimum Gasteiger partial charge on any atom is -0.490 e. The SMILES string of the molecule is COCCOc1cc(F)ccc1-c1cc(OC2(C(=O)O)CC2)nc(-c2ccc(Cl)c(F)c2)n1. The Morgan fingerprint density at radius 2 is 1.91 bits per heavy atom. The molecule has 1 heterocycles. The summed E-state index contributed by atoms with van der Waals surface area (Å²) in [7, 11) is 1.51. The lowest BCUT2D eigenvalue weighted by Crippen LogP contribution is -2.29. The molecule has 10 heteroatoms. The molecule has 0 aliphatic heterocycles. The predicted octanol–water partition coefficient (Wildman–Crippen LogP) is 4.76. The topological polar surface area (TPSA) is 90.8 Å². The fourth-order valence-electron chi connectivity index (χ4n) is 3.11. The number of hydrogen-bond acceptors (Lipinski definition) is 6. The fraction of sp³-hybridized carbons (Fsp3) is 0.261. The van der Waals surface area contributed by atoms with Crippen LogP contribution in [0.15, 0.2) is 42.5 Å². The molecule has 1 aliphatic rings. The van der Waals surface area contributed by atoms with Crippen molar-refractivity contribution in [2.45, 2.75) is 18.4 Å². The molecule has 0 bridgehead atoms. The first-order valence-corrected chi connectivity index (χ1v) is 10.4. The fourth-order valence-corrected chi connectivity index (χ4v) is 3.23. The molecule has 0 spiro atoms. The van der Waals surface area contributed by atoms with Crippen molar-refractivity contribution < 1.29 is 32.9 Å². The number of benzene rings is 2. The summed E-state index contributed by atoms with van der Waals surface area (Å²) in [5, 5.41) is 9.43. The van der Waals surface area contributed by atoms with Crippen molar-refractivity contribution in [2.24, 2.45) is 0 Å². The third-order valence-corrected chi connectivity index (χ3v) is 5.35. The van der Waals surface area contributed by atoms with Gasteiger partial charge in [0.15, 0.2) is 5.82 Å². The Hall–Kier alpha value is -3.30. The first kappa shape index (κ1) is 22.9. The number of hydrogen-bond donors (Lipinski definition) is 1. The van der Waals surface area contributed by atoms with Gasteiger partial charge < -0.3 is 19.3 Å². The Morgan fingerprint density at radius 1 is 1.12 bits per heavy atom. The second-order valence-electron chi connectivity index (χ2n) is 7.43. The molecule has 33 heavy (non-hydrogen) atoms. The molecular formula is C23H19ClF2N2O5. The molecule has 1 aliphatic carbocycles. The third kappa shape index (κ3) is 5.04. The number of ether oxygens (including phenoxy) is 3. The largest absolute Gasteiger partial charge is 0.490 e. The molecule has 0 amide bonds. The molecule has 1 aromatic heterocycles. The standard InChI is InChI=1S/C23H19ClF2N2O5/c1-31-8-9-32-19-11-14(25)3-4-15(19)18-12-20(33-23(6-7-23)22(29)30)28-21(27-18)13-2-5-16(24)17(26)10-13/h2-5,10-12H,6-9H2,1H3,(H,29,30). The minimum absolute atomic E-state index is 0.0163. The van der Waals surface area contributed by atoms with E-state index in [4.69, 9.17) is 25.8 Å². The van der Waals surface area contributed by atoms with Crippen LogP contribution in [0.25, 0.3) is 22.6 Å². The number of rotatable bonds is 9. The van der Waals surface area contributed by atoms with Gasteiger partial charge in [0.25, 0.3) is 0 Å². The summed E-state index contributed by atoms with van der Waals surface area (Å²) in [5.74, 6) is -2.03. The van der Waals surface area contributed by atoms with Gasteiger partial charge in [-0.25, -0.2) is 18.6 Å². The number of carbonyl (C=O) groups is 1. The Balaban J connectivity index is 1.81. The van der Waals surface area contributed by atoms with Gasteiger partial charge in [0.1, 0.15) is 24.0 Å². The smallest absolute Gasteiger partial charge is 0.348 e. The van der Waals surface area contributed by atoms with Crippen LogP contribution in [0.3, 0.4) is 0 Å². The van der Waals surface area contributed by atoms with Gasteiger partial charge in [0.2, 0.25) is 11.5 Å². The van der Waals surface area contributed by atoms with Gasteiger partial charge in [0.05, 0.1) is 17.3 Å². The van der Waals surface area contributed by atoms with E-state index in [1.54, 1.807) is 0 Å². The highest BCUT2D eigenvalue weighted by atomic mass is 35.5. The Kier molecular flexibility index (Phi) is 6.44. The van der Waals surface area contributed by atoms with Crippen LogP contribution in [0, 0.1) is 11.6 Å². The maximum atomic E-state index is 14.1. The van der Waals surface area contributed by atoms with Crippen molar-refractivity contribution in [1.29, 1.82) is 0 Å². The molecule has 0 atom stereocenters. The van der Waals surface area contributed by atoms with Crippen LogP contribution >= 0.6 is 11.6 Å². The van der Waals surface area contributed by atoms with Gasteiger partial charge in [-0.3, -0.25) is 0 Å². The van der Waals surface area contributed by atoms with Crippen LogP contribution in [-0.2, 0) is 9.53 Å². The summed E-state index contributed by atoms with van der Waals surface area (Å²) >= 11 is 5.78. The maximum Gasteiger partial charge on any atom is 0.348 e. The zero-order chi connectivity index (χ0) is 23.6. The normalized spacial score (nSPS) is 14.1. The first-order valence-electron chi connectivity index (χ1n) is 10.00. The van der Waals surface area contributed by atoms with E-state index in [1.807, 2.05) is 0 Å². The van der Waals surface area contributed by atoms with Crippen LogP contribution in [0.5, 0.6) is 11.6 Å². The molecule has 4 rings (SSSR count). The molecule has 1 N–H and O–H groups in total. The molecule has 172 valence electrons. The van der Waals surface area contributed by atoms with Crippen LogP contribution in [-0.4, -0.2) is 47.0 Å². The predicted molar refractivity (Wildman–Crippen MR) is 115 cm³/mol. The molecule has 1 fully saturated rings. The molecule has 0 radical (unpaired) electrons. The lowest BCUT2D eigenvalue weighted by Gasteiger charge is -2.16. The van der Waals surface area contributed by atoms with Crippen molar-refractivity contribution in [3.8, 4) is 34.3 Å². The molecule has 7 nitrogen and oxygen atoms in total. The molecule has 2 aromatic carbocycles. The van der Waals surface area contributed by atoms with Crippen LogP contribution in [0.2, 0.25) is 5.02 Å². The number of halogens is 3. The Labute approximate surface area is 192 Å². The van der Waals surface area contributed by atoms with Gasteiger partial charge in [-0.2, -0.15) is 4.98 Å². The third-order valence-electron chi connectivity index (χ3n) is 5.04. The lowest BCUT2D eigenvalue weighted by atomic mass is 10.1. The second kappa shape index (κ2) is 9.29. The van der Waals surface area contributed by atoms with Crippen LogP contribution < -0.4 is 9.47 Å². The zero-order valence-corrected chi connectivity index (χ0v) is 18.2. The highest BCUT2D eigenvalue weighted by Gasteiger charge is 2.54. The van der Waals surface area contributed by atoms with Gasteiger partial charge in [0, 0.05) is 43.2 Å². The minimum atomic E-state index is -1.37. The van der Waals surface area contributed by atoms with Crippen LogP contribution in [0.4, 0.5) is 8.78 Å². The van der Waals surface area contributed by atoms with E-state index < -0.39 is 23.2 Å². The monoisotopic (exact) mass is 476 g/mol. The van der Waals surface area contributed by atoms with Gasteiger partial charge in [-0.1, -0.05) is 11.6 Å². The van der Waals surface area contributed by atoms with Crippen molar-refractivity contribution in [1.82, 2.24) is 9.97 Å². The molecule has 0 unspecified atom stereocenters. The number of carboxylic acid groups (broad SMARTS) is 1. The van der Waals surface area contributed by atoms with E-state index in [9.17, 15) is 18.7 Å². The Bertz CT molecular complexity index is 1200. The average molecular weight is 477 g/mol. The van der Waals surface area contributed by atoms with E-state index in [0.717, 1.165) is 6.07 Å². The summed E-state index contributed by atoms with van der Waals surface area (Å²) < 4.78 is 44.3. The van der Waals surface area contributed by atoms with Gasteiger partial charge in [-0.15, -0.1) is 0 Å². The average Bonchev–Trinajstić information content (AvgIpc) is 3.56. The number of aromatic nitrogens is 2. The number of methoxy groups -OCH3 is 1. The van der Waals surface area contributed by atoms with Crippen molar-refractivity contribution >= 4 is 17.6 Å².